The first-order valence-electron chi connectivity index (χ1n) is 6.89. The summed E-state index contributed by atoms with van der Waals surface area (Å²) in [6.45, 7) is 4.48. The molecule has 1 atom stereocenters. The summed E-state index contributed by atoms with van der Waals surface area (Å²) >= 11 is 5.24. The van der Waals surface area contributed by atoms with Crippen LogP contribution in [0.15, 0.2) is 33.6 Å². The Kier molecular flexibility index (Phi) is 5.52. The zero-order chi connectivity index (χ0) is 14.6. The van der Waals surface area contributed by atoms with Crippen molar-refractivity contribution in [2.45, 2.75) is 24.7 Å². The third kappa shape index (κ3) is 3.99. The first kappa shape index (κ1) is 15.9. The number of hydrogen-bond acceptors (Lipinski definition) is 3. The van der Waals surface area contributed by atoms with Gasteiger partial charge in [-0.05, 0) is 46.4 Å². The maximum atomic E-state index is 12.2. The number of nitrogens with zero attached hydrogens (tertiary/aromatic N) is 1. The van der Waals surface area contributed by atoms with Crippen molar-refractivity contribution in [1.29, 1.82) is 0 Å². The number of nitrogens with two attached hydrogens (primary N) is 1. The highest BCUT2D eigenvalue weighted by molar-refractivity contribution is 9.10. The summed E-state index contributed by atoms with van der Waals surface area (Å²) in [6.07, 6.45) is 1.61. The average Bonchev–Trinajstić information content (AvgIpc) is 2.84. The molecule has 1 aliphatic heterocycles. The summed E-state index contributed by atoms with van der Waals surface area (Å²) in [5, 5.41) is 0. The third-order valence-electron chi connectivity index (χ3n) is 3.81. The molecule has 0 radical (unpaired) electrons. The van der Waals surface area contributed by atoms with Crippen LogP contribution < -0.4 is 5.73 Å². The lowest BCUT2D eigenvalue weighted by Crippen LogP contribution is -2.34. The molecule has 0 saturated carbocycles. The Morgan fingerprint density at radius 3 is 2.90 bits per heavy atom. The summed E-state index contributed by atoms with van der Waals surface area (Å²) in [4.78, 5) is 15.3. The van der Waals surface area contributed by atoms with Gasteiger partial charge in [0, 0.05) is 34.6 Å². The second-order valence-electron chi connectivity index (χ2n) is 5.61. The van der Waals surface area contributed by atoms with Gasteiger partial charge in [0.1, 0.15) is 0 Å². The van der Waals surface area contributed by atoms with Gasteiger partial charge in [-0.25, -0.2) is 0 Å². The molecule has 1 unspecified atom stereocenters. The van der Waals surface area contributed by atoms with Crippen LogP contribution in [0.5, 0.6) is 0 Å². The number of amides is 1. The molecule has 0 aromatic heterocycles. The van der Waals surface area contributed by atoms with Crippen molar-refractivity contribution in [3.05, 3.63) is 28.7 Å². The molecular formula is C15H21BrN2OS. The van der Waals surface area contributed by atoms with Crippen LogP contribution in [0, 0.1) is 5.41 Å². The minimum absolute atomic E-state index is 0.116. The number of carbonyl (C=O) groups is 1. The molecule has 1 aromatic carbocycles. The standard InChI is InChI=1S/C15H21BrN2OS/c1-15(10-17)7-8-18(11-15)14(19)6-9-20-13-5-3-2-4-12(13)16/h2-5H,6-11,17H2,1H3. The molecule has 2 rings (SSSR count). The first-order valence-corrected chi connectivity index (χ1v) is 8.67. The topological polar surface area (TPSA) is 46.3 Å². The summed E-state index contributed by atoms with van der Waals surface area (Å²) in [5.74, 6) is 1.07. The molecule has 2 N–H and O–H groups in total. The lowest BCUT2D eigenvalue weighted by atomic mass is 9.90. The minimum atomic E-state index is 0.116. The number of likely N-dealkylation sites (tertiary alicyclic amines) is 1. The summed E-state index contributed by atoms with van der Waals surface area (Å²) in [5.41, 5.74) is 5.89. The number of benzene rings is 1. The van der Waals surface area contributed by atoms with Crippen molar-refractivity contribution in [2.24, 2.45) is 11.1 Å². The maximum Gasteiger partial charge on any atom is 0.223 e. The van der Waals surface area contributed by atoms with Crippen molar-refractivity contribution in [3.63, 3.8) is 0 Å². The van der Waals surface area contributed by atoms with E-state index in [2.05, 4.69) is 28.9 Å². The molecule has 1 amide bonds. The van der Waals surface area contributed by atoms with Crippen LogP contribution in [0.25, 0.3) is 0 Å². The van der Waals surface area contributed by atoms with Gasteiger partial charge < -0.3 is 10.6 Å². The van der Waals surface area contributed by atoms with E-state index in [0.29, 0.717) is 13.0 Å². The number of halogens is 1. The Hall–Kier alpha value is -0.520. The lowest BCUT2D eigenvalue weighted by Gasteiger charge is -2.22. The van der Waals surface area contributed by atoms with Crippen molar-refractivity contribution >= 4 is 33.6 Å². The van der Waals surface area contributed by atoms with Gasteiger partial charge in [0.25, 0.3) is 0 Å². The Balaban J connectivity index is 1.78. The summed E-state index contributed by atoms with van der Waals surface area (Å²) in [6, 6.07) is 8.11. The molecule has 1 aromatic rings. The van der Waals surface area contributed by atoms with Crippen LogP contribution in [-0.4, -0.2) is 36.2 Å². The third-order valence-corrected chi connectivity index (χ3v) is 5.84. The summed E-state index contributed by atoms with van der Waals surface area (Å²) < 4.78 is 1.09. The molecule has 1 aliphatic rings. The molecule has 110 valence electrons. The smallest absolute Gasteiger partial charge is 0.223 e. The highest BCUT2D eigenvalue weighted by Gasteiger charge is 2.34. The number of rotatable bonds is 5. The second kappa shape index (κ2) is 6.96. The van der Waals surface area contributed by atoms with Gasteiger partial charge in [0.15, 0.2) is 0 Å². The van der Waals surface area contributed by atoms with E-state index in [1.165, 1.54) is 4.90 Å². The van der Waals surface area contributed by atoms with E-state index in [-0.39, 0.29) is 11.3 Å². The van der Waals surface area contributed by atoms with Crippen LogP contribution in [0.1, 0.15) is 19.8 Å². The molecule has 20 heavy (non-hydrogen) atoms. The van der Waals surface area contributed by atoms with Gasteiger partial charge >= 0.3 is 0 Å². The molecule has 1 heterocycles. The lowest BCUT2D eigenvalue weighted by molar-refractivity contribution is -0.130. The number of hydrogen-bond donors (Lipinski definition) is 1. The van der Waals surface area contributed by atoms with E-state index < -0.39 is 0 Å². The van der Waals surface area contributed by atoms with Crippen LogP contribution >= 0.6 is 27.7 Å². The van der Waals surface area contributed by atoms with E-state index >= 15 is 0 Å². The quantitative estimate of drug-likeness (QED) is 0.824. The van der Waals surface area contributed by atoms with E-state index in [1.807, 2.05) is 23.1 Å². The average molecular weight is 357 g/mol. The molecule has 1 fully saturated rings. The molecule has 5 heteroatoms. The zero-order valence-corrected chi connectivity index (χ0v) is 14.2. The Morgan fingerprint density at radius 1 is 1.50 bits per heavy atom. The summed E-state index contributed by atoms with van der Waals surface area (Å²) in [7, 11) is 0. The normalized spacial score (nSPS) is 22.2. The van der Waals surface area contributed by atoms with E-state index in [1.54, 1.807) is 11.8 Å². The molecule has 0 bridgehead atoms. The molecule has 0 spiro atoms. The van der Waals surface area contributed by atoms with E-state index in [4.69, 9.17) is 5.73 Å². The van der Waals surface area contributed by atoms with Crippen LogP contribution in [-0.2, 0) is 4.79 Å². The Bertz CT molecular complexity index is 483. The molecule has 1 saturated heterocycles. The minimum Gasteiger partial charge on any atom is -0.342 e. The van der Waals surface area contributed by atoms with E-state index in [0.717, 1.165) is 29.7 Å². The van der Waals surface area contributed by atoms with E-state index in [9.17, 15) is 4.79 Å². The molecule has 3 nitrogen and oxygen atoms in total. The monoisotopic (exact) mass is 356 g/mol. The number of thioether (sulfide) groups is 1. The molecule has 0 aliphatic carbocycles. The van der Waals surface area contributed by atoms with Crippen LogP contribution in [0.4, 0.5) is 0 Å². The predicted octanol–water partition coefficient (Wildman–Crippen LogP) is 3.13. The first-order chi connectivity index (χ1) is 9.54. The van der Waals surface area contributed by atoms with Crippen molar-refractivity contribution < 1.29 is 4.79 Å². The fraction of sp³-hybridized carbons (Fsp3) is 0.533. The maximum absolute atomic E-state index is 12.2. The van der Waals surface area contributed by atoms with Gasteiger partial charge in [0.2, 0.25) is 5.91 Å². The van der Waals surface area contributed by atoms with Crippen molar-refractivity contribution in [2.75, 3.05) is 25.4 Å². The van der Waals surface area contributed by atoms with Gasteiger partial charge in [-0.1, -0.05) is 19.1 Å². The largest absolute Gasteiger partial charge is 0.342 e. The zero-order valence-electron chi connectivity index (χ0n) is 11.8. The van der Waals surface area contributed by atoms with Crippen LogP contribution in [0.3, 0.4) is 0 Å². The second-order valence-corrected chi connectivity index (χ2v) is 7.60. The SMILES string of the molecule is CC1(CN)CCN(C(=O)CCSc2ccccc2Br)C1. The highest BCUT2D eigenvalue weighted by atomic mass is 79.9. The van der Waals surface area contributed by atoms with Crippen LogP contribution in [0.2, 0.25) is 0 Å². The molecular weight excluding hydrogens is 336 g/mol. The van der Waals surface area contributed by atoms with Crippen molar-refractivity contribution in [1.82, 2.24) is 4.90 Å². The number of carbonyl (C=O) groups excluding carboxylic acids is 1. The van der Waals surface area contributed by atoms with Gasteiger partial charge in [-0.2, -0.15) is 0 Å². The fourth-order valence-electron chi connectivity index (χ4n) is 2.37. The van der Waals surface area contributed by atoms with Gasteiger partial charge in [-0.15, -0.1) is 11.8 Å². The Morgan fingerprint density at radius 2 is 2.25 bits per heavy atom. The van der Waals surface area contributed by atoms with Crippen molar-refractivity contribution in [3.8, 4) is 0 Å². The van der Waals surface area contributed by atoms with Gasteiger partial charge in [-0.3, -0.25) is 4.79 Å². The fourth-order valence-corrected chi connectivity index (χ4v) is 3.88. The Labute approximate surface area is 133 Å². The van der Waals surface area contributed by atoms with Gasteiger partial charge in [0.05, 0.1) is 0 Å². The highest BCUT2D eigenvalue weighted by Crippen LogP contribution is 2.30. The predicted molar refractivity (Wildman–Crippen MR) is 87.8 cm³/mol.